The first-order valence-electron chi connectivity index (χ1n) is 2.47. The monoisotopic (exact) mass is 85.1 g/mol. The van der Waals surface area contributed by atoms with E-state index in [1.54, 1.807) is 0 Å². The zero-order valence-corrected chi connectivity index (χ0v) is 4.44. The van der Waals surface area contributed by atoms with Crippen molar-refractivity contribution in [2.24, 2.45) is 0 Å². The summed E-state index contributed by atoms with van der Waals surface area (Å²) in [6.07, 6.45) is 2.85. The highest BCUT2D eigenvalue weighted by Crippen LogP contribution is 2.23. The highest BCUT2D eigenvalue weighted by Gasteiger charge is 2.22. The summed E-state index contributed by atoms with van der Waals surface area (Å²) in [5.41, 5.74) is 0. The Bertz CT molecular complexity index is 45.9. The van der Waals surface area contributed by atoms with Gasteiger partial charge in [-0.05, 0) is 26.9 Å². The Morgan fingerprint density at radius 2 is 1.83 bits per heavy atom. The lowest BCUT2D eigenvalue weighted by Gasteiger charge is -2.03. The summed E-state index contributed by atoms with van der Waals surface area (Å²) >= 11 is 0. The summed E-state index contributed by atoms with van der Waals surface area (Å²) in [7, 11) is 4.27. The van der Waals surface area contributed by atoms with Gasteiger partial charge in [-0.3, -0.25) is 0 Å². The topological polar surface area (TPSA) is 3.24 Å². The molecule has 0 spiro atoms. The fourth-order valence-corrected chi connectivity index (χ4v) is 0.591. The molecule has 0 aromatic heterocycles. The van der Waals surface area contributed by atoms with Crippen LogP contribution in [0.2, 0.25) is 0 Å². The second-order valence-corrected chi connectivity index (χ2v) is 2.19. The predicted octanol–water partition coefficient (Wildman–Crippen LogP) is 0.710. The lowest BCUT2D eigenvalue weighted by Crippen LogP contribution is -2.12. The molecule has 0 unspecified atom stereocenters. The molecule has 0 heterocycles. The molecule has 1 nitrogen and oxygen atoms in total. The summed E-state index contributed by atoms with van der Waals surface area (Å²) in [4.78, 5) is 2.28. The maximum atomic E-state index is 2.28. The maximum Gasteiger partial charge on any atom is 0.00903 e. The summed E-state index contributed by atoms with van der Waals surface area (Å²) < 4.78 is 0. The first-order valence-corrected chi connectivity index (χ1v) is 2.47. The first kappa shape index (κ1) is 4.13. The summed E-state index contributed by atoms with van der Waals surface area (Å²) in [6, 6.07) is 0.935. The highest BCUT2D eigenvalue weighted by atomic mass is 15.1. The van der Waals surface area contributed by atoms with Gasteiger partial charge in [0.2, 0.25) is 0 Å². The molecule has 1 saturated carbocycles. The van der Waals surface area contributed by atoms with Gasteiger partial charge < -0.3 is 4.90 Å². The second kappa shape index (κ2) is 1.23. The van der Waals surface area contributed by atoms with E-state index in [1.165, 1.54) is 12.8 Å². The zero-order valence-electron chi connectivity index (χ0n) is 4.44. The summed E-state index contributed by atoms with van der Waals surface area (Å²) in [5.74, 6) is 0. The van der Waals surface area contributed by atoms with Gasteiger partial charge in [0, 0.05) is 6.04 Å². The number of nitrogens with zero attached hydrogens (tertiary/aromatic N) is 1. The normalized spacial score (nSPS) is 22.5. The number of hydrogen-bond donors (Lipinski definition) is 0. The Kier molecular flexibility index (Phi) is 0.845. The van der Waals surface area contributed by atoms with Crippen molar-refractivity contribution >= 4 is 0 Å². The minimum absolute atomic E-state index is 0.935. The molecule has 1 fully saturated rings. The van der Waals surface area contributed by atoms with Crippen molar-refractivity contribution in [1.82, 2.24) is 4.90 Å². The molecule has 0 N–H and O–H groups in total. The Balaban J connectivity index is 2.13. The third-order valence-electron chi connectivity index (χ3n) is 1.28. The maximum absolute atomic E-state index is 2.28. The van der Waals surface area contributed by atoms with E-state index in [4.69, 9.17) is 0 Å². The minimum atomic E-state index is 0.935. The molecule has 0 saturated heterocycles. The number of hydrogen-bond acceptors (Lipinski definition) is 1. The van der Waals surface area contributed by atoms with Crippen LogP contribution in [-0.4, -0.2) is 25.0 Å². The Morgan fingerprint density at radius 1 is 1.33 bits per heavy atom. The quantitative estimate of drug-likeness (QED) is 0.453. The Hall–Kier alpha value is -0.0400. The van der Waals surface area contributed by atoms with Crippen LogP contribution in [0.1, 0.15) is 12.8 Å². The second-order valence-electron chi connectivity index (χ2n) is 2.19. The Labute approximate surface area is 39.0 Å². The van der Waals surface area contributed by atoms with Crippen molar-refractivity contribution in [3.8, 4) is 0 Å². The molecular weight excluding hydrogens is 74.1 g/mol. The van der Waals surface area contributed by atoms with Gasteiger partial charge >= 0.3 is 0 Å². The van der Waals surface area contributed by atoms with Crippen LogP contribution >= 0.6 is 0 Å². The van der Waals surface area contributed by atoms with Crippen molar-refractivity contribution in [2.75, 3.05) is 14.1 Å². The smallest absolute Gasteiger partial charge is 0.00903 e. The van der Waals surface area contributed by atoms with E-state index in [1.807, 2.05) is 0 Å². The van der Waals surface area contributed by atoms with Crippen molar-refractivity contribution in [3.05, 3.63) is 0 Å². The zero-order chi connectivity index (χ0) is 4.57. The molecular formula is C5H11N. The van der Waals surface area contributed by atoms with Crippen LogP contribution in [0.25, 0.3) is 0 Å². The van der Waals surface area contributed by atoms with Gasteiger partial charge in [0.25, 0.3) is 0 Å². The van der Waals surface area contributed by atoms with E-state index in [-0.39, 0.29) is 0 Å². The van der Waals surface area contributed by atoms with E-state index in [9.17, 15) is 0 Å². The molecule has 0 bridgehead atoms. The van der Waals surface area contributed by atoms with Crippen LogP contribution in [0.3, 0.4) is 0 Å². The molecule has 1 heteroatoms. The minimum Gasteiger partial charge on any atom is -0.306 e. The van der Waals surface area contributed by atoms with E-state index in [2.05, 4.69) is 19.0 Å². The average Bonchev–Trinajstić information content (AvgIpc) is 2.06. The van der Waals surface area contributed by atoms with Crippen LogP contribution in [0.15, 0.2) is 0 Å². The van der Waals surface area contributed by atoms with E-state index < -0.39 is 0 Å². The molecule has 36 valence electrons. The predicted molar refractivity (Wildman–Crippen MR) is 26.7 cm³/mol. The standard InChI is InChI=1S/C5H11N/c1-6(2)5-3-4-5/h5H,3-4H2,1-2H3. The highest BCUT2D eigenvalue weighted by molar-refractivity contribution is 4.79. The van der Waals surface area contributed by atoms with E-state index in [0.29, 0.717) is 0 Å². The lowest BCUT2D eigenvalue weighted by atomic mass is 10.6. The van der Waals surface area contributed by atoms with Gasteiger partial charge in [0.05, 0.1) is 0 Å². The third kappa shape index (κ3) is 0.716. The van der Waals surface area contributed by atoms with Gasteiger partial charge in [-0.25, -0.2) is 0 Å². The van der Waals surface area contributed by atoms with Crippen molar-refractivity contribution in [2.45, 2.75) is 18.9 Å². The average molecular weight is 85.2 g/mol. The van der Waals surface area contributed by atoms with Crippen molar-refractivity contribution < 1.29 is 0 Å². The molecule has 6 heavy (non-hydrogen) atoms. The van der Waals surface area contributed by atoms with Gasteiger partial charge in [-0.2, -0.15) is 0 Å². The molecule has 1 aliphatic carbocycles. The van der Waals surface area contributed by atoms with Gasteiger partial charge in [0.15, 0.2) is 0 Å². The molecule has 0 aliphatic heterocycles. The van der Waals surface area contributed by atoms with E-state index in [0.717, 1.165) is 6.04 Å². The molecule has 0 aromatic rings. The van der Waals surface area contributed by atoms with Gasteiger partial charge in [0.1, 0.15) is 0 Å². The fourth-order valence-electron chi connectivity index (χ4n) is 0.591. The van der Waals surface area contributed by atoms with Crippen LogP contribution in [-0.2, 0) is 0 Å². The molecule has 0 radical (unpaired) electrons. The van der Waals surface area contributed by atoms with Crippen molar-refractivity contribution in [1.29, 1.82) is 0 Å². The van der Waals surface area contributed by atoms with Crippen LogP contribution < -0.4 is 0 Å². The molecule has 0 amide bonds. The lowest BCUT2D eigenvalue weighted by molar-refractivity contribution is 0.399. The summed E-state index contributed by atoms with van der Waals surface area (Å²) in [6.45, 7) is 0. The van der Waals surface area contributed by atoms with Crippen LogP contribution in [0, 0.1) is 0 Å². The SMILES string of the molecule is CN(C)C1CC1. The fraction of sp³-hybridized carbons (Fsp3) is 1.00. The molecule has 1 aliphatic rings. The van der Waals surface area contributed by atoms with Gasteiger partial charge in [-0.1, -0.05) is 0 Å². The van der Waals surface area contributed by atoms with E-state index >= 15 is 0 Å². The first-order chi connectivity index (χ1) is 2.80. The molecule has 0 atom stereocenters. The molecule has 1 rings (SSSR count). The molecule has 0 aromatic carbocycles. The number of rotatable bonds is 1. The van der Waals surface area contributed by atoms with Crippen LogP contribution in [0.5, 0.6) is 0 Å². The summed E-state index contributed by atoms with van der Waals surface area (Å²) in [5, 5.41) is 0. The largest absolute Gasteiger partial charge is 0.306 e. The van der Waals surface area contributed by atoms with Crippen LogP contribution in [0.4, 0.5) is 0 Å². The van der Waals surface area contributed by atoms with Gasteiger partial charge in [-0.15, -0.1) is 0 Å². The third-order valence-corrected chi connectivity index (χ3v) is 1.28. The van der Waals surface area contributed by atoms with Crippen molar-refractivity contribution in [3.63, 3.8) is 0 Å². The Morgan fingerprint density at radius 3 is 1.83 bits per heavy atom.